The Hall–Kier alpha value is -10.2. The van der Waals surface area contributed by atoms with E-state index in [1.807, 2.05) is 78.9 Å². The van der Waals surface area contributed by atoms with Crippen molar-refractivity contribution in [2.75, 3.05) is 26.4 Å². The van der Waals surface area contributed by atoms with E-state index in [1.165, 1.54) is 25.3 Å². The Balaban J connectivity index is 0.000000226. The molecule has 10 rings (SSSR count). The van der Waals surface area contributed by atoms with Gasteiger partial charge in [0.1, 0.15) is 46.0 Å². The summed E-state index contributed by atoms with van der Waals surface area (Å²) in [4.78, 5) is 41.6. The molecule has 0 aliphatic carbocycles. The Bertz CT molecular complexity index is 3880. The lowest BCUT2D eigenvalue weighted by Crippen LogP contribution is -2.23. The van der Waals surface area contributed by atoms with Crippen LogP contribution in [0.5, 0.6) is 46.0 Å². The second-order valence-corrected chi connectivity index (χ2v) is 23.7. The molecule has 2 aromatic heterocycles. The van der Waals surface area contributed by atoms with Crippen molar-refractivity contribution in [3.05, 3.63) is 182 Å². The predicted molar refractivity (Wildman–Crippen MR) is 383 cm³/mol. The molecule has 1 atom stereocenters. The maximum Gasteiger partial charge on any atom is 0.172 e. The van der Waals surface area contributed by atoms with Crippen LogP contribution < -0.4 is 23.7 Å². The molecule has 0 spiro atoms. The molecule has 96 heavy (non-hydrogen) atoms. The summed E-state index contributed by atoms with van der Waals surface area (Å²) in [6, 6.07) is 57.4. The van der Waals surface area contributed by atoms with Crippen molar-refractivity contribution in [1.82, 2.24) is 29.9 Å². The van der Waals surface area contributed by atoms with Crippen molar-refractivity contribution in [2.45, 2.75) is 144 Å². The number of carbonyl (C=O) groups excluding carboxylic acids is 1. The number of phenolic OH excluding ortho intramolecular Hbond substituents is 3. The molecule has 1 unspecified atom stereocenters. The maximum absolute atomic E-state index is 12.7. The van der Waals surface area contributed by atoms with Crippen molar-refractivity contribution >= 4 is 5.78 Å². The normalized spacial score (nSPS) is 11.3. The number of Topliss-reactive ketones (excluding diaryl/α,β-unsaturated/α-hetero) is 1. The fraction of sp³-hybridized carbons (Fsp3) is 0.321. The molecule has 0 aliphatic heterocycles. The van der Waals surface area contributed by atoms with E-state index in [1.54, 1.807) is 55.5 Å². The molecule has 8 aromatic carbocycles. The molecule has 15 heteroatoms. The van der Waals surface area contributed by atoms with E-state index >= 15 is 0 Å². The van der Waals surface area contributed by atoms with Crippen LogP contribution in [0.2, 0.25) is 0 Å². The number of ether oxygens (including phenoxy) is 5. The third kappa shape index (κ3) is 20.0. The third-order valence-electron chi connectivity index (χ3n) is 16.2. The van der Waals surface area contributed by atoms with Crippen LogP contribution in [0, 0.1) is 0 Å². The van der Waals surface area contributed by atoms with Gasteiger partial charge in [-0.3, -0.25) is 4.79 Å². The first-order valence-electron chi connectivity index (χ1n) is 34.1. The average Bonchev–Trinajstić information content (AvgIpc) is 0.806. The van der Waals surface area contributed by atoms with E-state index in [9.17, 15) is 20.1 Å². The third-order valence-corrected chi connectivity index (χ3v) is 16.2. The van der Waals surface area contributed by atoms with Gasteiger partial charge in [0.15, 0.2) is 46.8 Å². The Morgan fingerprint density at radius 1 is 0.333 bits per heavy atom. The zero-order valence-electron chi connectivity index (χ0n) is 56.3. The monoisotopic (exact) mass is 1290 g/mol. The first-order valence-corrected chi connectivity index (χ1v) is 34.1. The molecule has 0 amide bonds. The predicted octanol–water partition coefficient (Wildman–Crippen LogP) is 20.0. The lowest BCUT2D eigenvalue weighted by molar-refractivity contribution is -0.125. The summed E-state index contributed by atoms with van der Waals surface area (Å²) >= 11 is 0. The number of aromatic nitrogens is 6. The van der Waals surface area contributed by atoms with E-state index in [4.69, 9.17) is 53.6 Å². The van der Waals surface area contributed by atoms with Crippen molar-refractivity contribution < 1.29 is 43.8 Å². The van der Waals surface area contributed by atoms with E-state index < -0.39 is 6.10 Å². The van der Waals surface area contributed by atoms with Gasteiger partial charge in [0.05, 0.1) is 48.7 Å². The number of hydrogen-bond acceptors (Lipinski definition) is 15. The average molecular weight is 1290 g/mol. The Kier molecular flexibility index (Phi) is 26.7. The number of hydrogen-bond donors (Lipinski definition) is 3. The molecule has 2 heterocycles. The van der Waals surface area contributed by atoms with Crippen LogP contribution in [0.25, 0.3) is 90.6 Å². The summed E-state index contributed by atoms with van der Waals surface area (Å²) in [5, 5.41) is 33.4. The highest BCUT2D eigenvalue weighted by Crippen LogP contribution is 2.40. The number of unbranched alkanes of at least 4 members (excludes halogenated alkanes) is 9. The highest BCUT2D eigenvalue weighted by Gasteiger charge is 2.22. The molecule has 10 aromatic rings. The van der Waals surface area contributed by atoms with E-state index in [0.717, 1.165) is 104 Å². The van der Waals surface area contributed by atoms with Gasteiger partial charge in [-0.25, -0.2) is 29.9 Å². The molecule has 0 saturated carbocycles. The topological polar surface area (TPSA) is 201 Å². The van der Waals surface area contributed by atoms with E-state index in [-0.39, 0.29) is 34.7 Å². The van der Waals surface area contributed by atoms with Gasteiger partial charge in [-0.1, -0.05) is 202 Å². The molecular formula is C81H90N6O9. The minimum Gasteiger partial charge on any atom is -0.507 e. The molecule has 0 saturated heterocycles. The maximum atomic E-state index is 12.7. The molecule has 3 N–H and O–H groups in total. The van der Waals surface area contributed by atoms with Crippen LogP contribution >= 0.6 is 0 Å². The van der Waals surface area contributed by atoms with Gasteiger partial charge in [-0.15, -0.1) is 0 Å². The summed E-state index contributed by atoms with van der Waals surface area (Å²) in [5.41, 5.74) is 7.97. The smallest absolute Gasteiger partial charge is 0.172 e. The lowest BCUT2D eigenvalue weighted by atomic mass is 10.0. The fourth-order valence-electron chi connectivity index (χ4n) is 10.5. The van der Waals surface area contributed by atoms with Crippen LogP contribution in [0.4, 0.5) is 0 Å². The summed E-state index contributed by atoms with van der Waals surface area (Å²) in [6.07, 6.45) is 14.3. The van der Waals surface area contributed by atoms with Crippen LogP contribution in [0.3, 0.4) is 0 Å². The van der Waals surface area contributed by atoms with Crippen molar-refractivity contribution in [2.24, 2.45) is 0 Å². The number of rotatable bonds is 34. The van der Waals surface area contributed by atoms with E-state index in [2.05, 4.69) is 83.1 Å². The quantitative estimate of drug-likeness (QED) is 0.0321. The Morgan fingerprint density at radius 3 is 1.08 bits per heavy atom. The zero-order valence-corrected chi connectivity index (χ0v) is 56.3. The molecule has 0 fully saturated rings. The highest BCUT2D eigenvalue weighted by molar-refractivity contribution is 5.83. The van der Waals surface area contributed by atoms with Crippen LogP contribution in [0.15, 0.2) is 182 Å². The number of phenols is 3. The van der Waals surface area contributed by atoms with Gasteiger partial charge < -0.3 is 39.0 Å². The second kappa shape index (κ2) is 36.5. The van der Waals surface area contributed by atoms with Gasteiger partial charge in [-0.05, 0) is 110 Å². The summed E-state index contributed by atoms with van der Waals surface area (Å²) in [5.74, 6) is 4.91. The fourth-order valence-corrected chi connectivity index (χ4v) is 10.5. The summed E-state index contributed by atoms with van der Waals surface area (Å²) in [6.45, 7) is 14.6. The van der Waals surface area contributed by atoms with Gasteiger partial charge in [0, 0.05) is 41.8 Å². The van der Waals surface area contributed by atoms with Gasteiger partial charge in [-0.2, -0.15) is 0 Å². The second-order valence-electron chi connectivity index (χ2n) is 23.7. The molecule has 0 radical (unpaired) electrons. The van der Waals surface area contributed by atoms with Crippen molar-refractivity contribution in [1.29, 1.82) is 0 Å². The van der Waals surface area contributed by atoms with E-state index in [0.29, 0.717) is 107 Å². The first-order chi connectivity index (χ1) is 46.9. The van der Waals surface area contributed by atoms with Crippen LogP contribution in [0.1, 0.15) is 138 Å². The van der Waals surface area contributed by atoms with Gasteiger partial charge in [0.2, 0.25) is 0 Å². The lowest BCUT2D eigenvalue weighted by Gasteiger charge is -2.15. The van der Waals surface area contributed by atoms with Gasteiger partial charge in [0.25, 0.3) is 0 Å². The molecular weight excluding hydrogens is 1200 g/mol. The van der Waals surface area contributed by atoms with Crippen molar-refractivity contribution in [3.63, 3.8) is 0 Å². The Morgan fingerprint density at radius 2 is 0.656 bits per heavy atom. The largest absolute Gasteiger partial charge is 0.507 e. The number of carbonyl (C=O) groups is 1. The zero-order chi connectivity index (χ0) is 67.4. The number of ketones is 1. The SMILES string of the molecule is CCCCCCCCC(=O)C(C)Oc1ccc(-c2nc(-c3ccc(-c4ccccc4)cc3)nc(-c3ccc(-c4ccccc4)cc3)n2)c(O)c1.CCCCOc1ccc(-c2nc(-c3ccc(OCCCC)cc3O)nc(-c3ccc(OCCCC)cc3OCCCC)n2)c(O)c1. The highest BCUT2D eigenvalue weighted by atomic mass is 16.5. The van der Waals surface area contributed by atoms with Crippen LogP contribution in [-0.4, -0.2) is 83.5 Å². The Labute approximate surface area is 565 Å². The number of benzene rings is 8. The molecule has 498 valence electrons. The van der Waals surface area contributed by atoms with Crippen molar-refractivity contribution in [3.8, 4) is 137 Å². The number of aromatic hydroxyl groups is 3. The molecule has 0 aliphatic rings. The molecule has 15 nitrogen and oxygen atoms in total. The summed E-state index contributed by atoms with van der Waals surface area (Å²) < 4.78 is 29.7. The van der Waals surface area contributed by atoms with Crippen LogP contribution in [-0.2, 0) is 4.79 Å². The standard InChI is InChI=1S/C44H43N3O3.C37H47N3O6/c1-3-4-5-6-7-14-19-40(48)31(2)50-38-28-29-39(41(49)30-38)44-46-42(36-24-20-34(21-25-36)32-15-10-8-11-16-32)45-43(47-44)37-26-22-35(23-27-37)33-17-12-9-13-18-33;1-5-9-19-43-26-13-16-29(32(41)23-26)35-38-36(30-17-14-27(24-33(30)42)44-20-10-6-2)40-37(39-35)31-18-15-28(45-21-11-7-3)25-34(31)46-22-12-8-4/h8-13,15-18,20-31,49H,3-7,14,19H2,1-2H3;13-18,23-25,41-42H,5-12,19-22H2,1-4H3. The summed E-state index contributed by atoms with van der Waals surface area (Å²) in [7, 11) is 0. The molecule has 0 bridgehead atoms. The minimum absolute atomic E-state index is 0.0277. The van der Waals surface area contributed by atoms with Gasteiger partial charge >= 0.3 is 0 Å². The minimum atomic E-state index is -0.607. The first kappa shape index (κ1) is 70.2. The number of nitrogens with zero attached hydrogens (tertiary/aromatic N) is 6.